The Hall–Kier alpha value is -2.97. The summed E-state index contributed by atoms with van der Waals surface area (Å²) in [6.07, 6.45) is -1.65. The summed E-state index contributed by atoms with van der Waals surface area (Å²) in [5.74, 6) is -0.438. The Labute approximate surface area is 138 Å². The van der Waals surface area contributed by atoms with E-state index >= 15 is 0 Å². The van der Waals surface area contributed by atoms with Crippen LogP contribution in [-0.4, -0.2) is 57.0 Å². The molecule has 0 N–H and O–H groups in total. The van der Waals surface area contributed by atoms with Crippen molar-refractivity contribution in [1.82, 2.24) is 4.90 Å². The van der Waals surface area contributed by atoms with Crippen LogP contribution in [0.15, 0.2) is 12.1 Å². The van der Waals surface area contributed by atoms with E-state index in [2.05, 4.69) is 0 Å². The maximum absolute atomic E-state index is 12.4. The van der Waals surface area contributed by atoms with Crippen LogP contribution in [0.5, 0.6) is 17.2 Å². The molecule has 1 saturated heterocycles. The van der Waals surface area contributed by atoms with E-state index < -0.39 is 18.2 Å². The number of rotatable bonds is 5. The van der Waals surface area contributed by atoms with Crippen LogP contribution in [-0.2, 0) is 9.47 Å². The second kappa shape index (κ2) is 7.53. The van der Waals surface area contributed by atoms with Gasteiger partial charge in [0.2, 0.25) is 5.75 Å². The van der Waals surface area contributed by atoms with Gasteiger partial charge in [-0.15, -0.1) is 0 Å². The molecule has 9 nitrogen and oxygen atoms in total. The van der Waals surface area contributed by atoms with Gasteiger partial charge in [-0.25, -0.2) is 14.5 Å². The van der Waals surface area contributed by atoms with Crippen molar-refractivity contribution in [2.45, 2.75) is 6.92 Å². The normalized spacial score (nSPS) is 13.3. The van der Waals surface area contributed by atoms with E-state index in [1.807, 2.05) is 0 Å². The molecule has 0 unspecified atom stereocenters. The van der Waals surface area contributed by atoms with Gasteiger partial charge in [0.15, 0.2) is 11.5 Å². The highest BCUT2D eigenvalue weighted by atomic mass is 16.7. The molecule has 9 heteroatoms. The molecule has 1 heterocycles. The maximum Gasteiger partial charge on any atom is 0.514 e. The zero-order valence-electron chi connectivity index (χ0n) is 13.5. The zero-order valence-corrected chi connectivity index (χ0v) is 13.5. The number of amides is 2. The van der Waals surface area contributed by atoms with Crippen molar-refractivity contribution in [3.05, 3.63) is 17.7 Å². The number of hydrogen-bond donors (Lipinski definition) is 0. The Bertz CT molecular complexity index is 632. The fourth-order valence-corrected chi connectivity index (χ4v) is 2.07. The van der Waals surface area contributed by atoms with Crippen molar-refractivity contribution < 1.29 is 38.1 Å². The number of ether oxygens (including phenoxy) is 5. The molecule has 1 aliphatic rings. The second-order valence-electron chi connectivity index (χ2n) is 4.57. The van der Waals surface area contributed by atoms with E-state index in [1.165, 1.54) is 26.4 Å². The van der Waals surface area contributed by atoms with E-state index in [1.54, 1.807) is 6.92 Å². The average molecular weight is 339 g/mol. The summed E-state index contributed by atoms with van der Waals surface area (Å²) in [6.45, 7) is 2.07. The molecule has 2 amide bonds. The van der Waals surface area contributed by atoms with Gasteiger partial charge in [-0.3, -0.25) is 4.79 Å². The largest absolute Gasteiger partial charge is 0.514 e. The van der Waals surface area contributed by atoms with E-state index in [0.29, 0.717) is 0 Å². The zero-order chi connectivity index (χ0) is 17.7. The third kappa shape index (κ3) is 3.50. The Morgan fingerprint density at radius 3 is 2.29 bits per heavy atom. The number of cyclic esters (lactones) is 1. The van der Waals surface area contributed by atoms with Gasteiger partial charge in [-0.2, -0.15) is 0 Å². The summed E-state index contributed by atoms with van der Waals surface area (Å²) >= 11 is 0. The summed E-state index contributed by atoms with van der Waals surface area (Å²) in [7, 11) is 2.68. The first-order chi connectivity index (χ1) is 11.5. The van der Waals surface area contributed by atoms with Crippen LogP contribution in [0.2, 0.25) is 0 Å². The highest BCUT2D eigenvalue weighted by molar-refractivity contribution is 6.04. The van der Waals surface area contributed by atoms with Gasteiger partial charge < -0.3 is 23.7 Å². The van der Waals surface area contributed by atoms with Crippen LogP contribution < -0.4 is 14.2 Å². The first-order valence-corrected chi connectivity index (χ1v) is 7.11. The summed E-state index contributed by atoms with van der Waals surface area (Å²) in [6, 6.07) is 2.68. The molecule has 0 radical (unpaired) electrons. The third-order valence-corrected chi connectivity index (χ3v) is 3.16. The number of hydrogen-bond acceptors (Lipinski definition) is 8. The predicted molar refractivity (Wildman–Crippen MR) is 79.6 cm³/mol. The number of carbonyl (C=O) groups is 3. The Kier molecular flexibility index (Phi) is 5.46. The molecule has 0 aliphatic carbocycles. The molecule has 1 aromatic carbocycles. The fraction of sp³-hybridized carbons (Fsp3) is 0.400. The number of imide groups is 1. The van der Waals surface area contributed by atoms with E-state index in [0.717, 1.165) is 4.90 Å². The SMILES string of the molecule is CCOC(=O)Oc1c(OC)cc(C(=O)N2CCOC2=O)cc1OC. The average Bonchev–Trinajstić information content (AvgIpc) is 3.00. The van der Waals surface area contributed by atoms with E-state index in [4.69, 9.17) is 23.7 Å². The monoisotopic (exact) mass is 339 g/mol. The molecule has 0 saturated carbocycles. The van der Waals surface area contributed by atoms with Crippen LogP contribution >= 0.6 is 0 Å². The van der Waals surface area contributed by atoms with Gasteiger partial charge in [0.1, 0.15) is 6.61 Å². The molecule has 0 aromatic heterocycles. The summed E-state index contributed by atoms with van der Waals surface area (Å²) in [5.41, 5.74) is 0.124. The van der Waals surface area contributed by atoms with Crippen molar-refractivity contribution in [1.29, 1.82) is 0 Å². The summed E-state index contributed by atoms with van der Waals surface area (Å²) in [5, 5.41) is 0. The van der Waals surface area contributed by atoms with Crippen LogP contribution in [0.4, 0.5) is 9.59 Å². The molecule has 130 valence electrons. The van der Waals surface area contributed by atoms with Crippen LogP contribution in [0, 0.1) is 0 Å². The van der Waals surface area contributed by atoms with Gasteiger partial charge in [0.25, 0.3) is 5.91 Å². The number of benzene rings is 1. The maximum atomic E-state index is 12.4. The van der Waals surface area contributed by atoms with Crippen molar-refractivity contribution in [2.75, 3.05) is 34.0 Å². The lowest BCUT2D eigenvalue weighted by molar-refractivity contribution is 0.0809. The van der Waals surface area contributed by atoms with Crippen molar-refractivity contribution in [3.63, 3.8) is 0 Å². The third-order valence-electron chi connectivity index (χ3n) is 3.16. The minimum Gasteiger partial charge on any atom is -0.493 e. The van der Waals surface area contributed by atoms with Gasteiger partial charge in [0, 0.05) is 5.56 Å². The number of methoxy groups -OCH3 is 2. The van der Waals surface area contributed by atoms with E-state index in [-0.39, 0.29) is 42.6 Å². The molecular formula is C15H17NO8. The molecule has 0 spiro atoms. The standard InChI is InChI=1S/C15H17NO8/c1-4-22-15(19)24-12-10(20-2)7-9(8-11(12)21-3)13(17)16-5-6-23-14(16)18/h7-8H,4-6H2,1-3H3. The highest BCUT2D eigenvalue weighted by Crippen LogP contribution is 2.39. The molecule has 24 heavy (non-hydrogen) atoms. The molecule has 2 rings (SSSR count). The summed E-state index contributed by atoms with van der Waals surface area (Å²) < 4.78 is 24.8. The lowest BCUT2D eigenvalue weighted by atomic mass is 10.1. The first-order valence-electron chi connectivity index (χ1n) is 7.11. The van der Waals surface area contributed by atoms with E-state index in [9.17, 15) is 14.4 Å². The van der Waals surface area contributed by atoms with Gasteiger partial charge in [0.05, 0.1) is 27.4 Å². The Morgan fingerprint density at radius 1 is 1.21 bits per heavy atom. The highest BCUT2D eigenvalue weighted by Gasteiger charge is 2.31. The molecule has 1 aromatic rings. The smallest absolute Gasteiger partial charge is 0.493 e. The number of carbonyl (C=O) groups excluding carboxylic acids is 3. The lowest BCUT2D eigenvalue weighted by Gasteiger charge is -2.16. The minimum atomic E-state index is -0.934. The molecular weight excluding hydrogens is 322 g/mol. The van der Waals surface area contributed by atoms with Crippen LogP contribution in [0.25, 0.3) is 0 Å². The number of nitrogens with zero attached hydrogens (tertiary/aromatic N) is 1. The van der Waals surface area contributed by atoms with Crippen molar-refractivity contribution in [3.8, 4) is 17.2 Å². The Balaban J connectivity index is 2.36. The predicted octanol–water partition coefficient (Wildman–Crippen LogP) is 1.83. The topological polar surface area (TPSA) is 101 Å². The second-order valence-corrected chi connectivity index (χ2v) is 4.57. The van der Waals surface area contributed by atoms with Crippen LogP contribution in [0.1, 0.15) is 17.3 Å². The molecule has 0 bridgehead atoms. The Morgan fingerprint density at radius 2 is 1.83 bits per heavy atom. The van der Waals surface area contributed by atoms with Crippen molar-refractivity contribution >= 4 is 18.2 Å². The first kappa shape index (κ1) is 17.4. The quantitative estimate of drug-likeness (QED) is 0.591. The van der Waals surface area contributed by atoms with Gasteiger partial charge in [-0.05, 0) is 19.1 Å². The van der Waals surface area contributed by atoms with Crippen LogP contribution in [0.3, 0.4) is 0 Å². The lowest BCUT2D eigenvalue weighted by Crippen LogP contribution is -2.31. The van der Waals surface area contributed by atoms with Gasteiger partial charge >= 0.3 is 12.2 Å². The molecule has 1 aliphatic heterocycles. The van der Waals surface area contributed by atoms with Gasteiger partial charge in [-0.1, -0.05) is 0 Å². The molecule has 1 fully saturated rings. The molecule has 0 atom stereocenters. The van der Waals surface area contributed by atoms with Crippen molar-refractivity contribution in [2.24, 2.45) is 0 Å². The minimum absolute atomic E-state index is 0.0287. The fourth-order valence-electron chi connectivity index (χ4n) is 2.07. The summed E-state index contributed by atoms with van der Waals surface area (Å²) in [4.78, 5) is 36.4.